The standard InChI is InChI=1S/C39H49N3O/c1-3-4-5-6-7-8-9-10-11-12-14-21-32(38-34-24-18-17-20-31(34)27-28-41-38)22-15-13-16-23-33(29-40)36-30-42-39-35(36)25-19-26-37(39)43-2/h10-11,17-20,23-28,30,32,42H,3-9,12-16,21-22H2,1-2H3/b11-10-,33-23+. The lowest BCUT2D eigenvalue weighted by Gasteiger charge is -2.18. The van der Waals surface area contributed by atoms with Gasteiger partial charge in [0, 0.05) is 34.6 Å². The van der Waals surface area contributed by atoms with E-state index in [1.54, 1.807) is 7.11 Å². The summed E-state index contributed by atoms with van der Waals surface area (Å²) in [5, 5.41) is 13.5. The number of H-pyrrole nitrogens is 1. The second-order valence-electron chi connectivity index (χ2n) is 11.7. The molecule has 226 valence electrons. The first-order valence-corrected chi connectivity index (χ1v) is 16.5. The zero-order chi connectivity index (χ0) is 30.1. The molecule has 0 aliphatic heterocycles. The lowest BCUT2D eigenvalue weighted by Crippen LogP contribution is -2.03. The Morgan fingerprint density at radius 3 is 2.44 bits per heavy atom. The summed E-state index contributed by atoms with van der Waals surface area (Å²) in [6.07, 6.45) is 27.8. The molecule has 0 spiro atoms. The monoisotopic (exact) mass is 575 g/mol. The van der Waals surface area contributed by atoms with Crippen molar-refractivity contribution in [3.8, 4) is 11.8 Å². The van der Waals surface area contributed by atoms with Gasteiger partial charge in [-0.1, -0.05) is 100 Å². The number of pyridine rings is 1. The third-order valence-corrected chi connectivity index (χ3v) is 8.57. The van der Waals surface area contributed by atoms with Crippen molar-refractivity contribution >= 4 is 27.2 Å². The van der Waals surface area contributed by atoms with Gasteiger partial charge in [-0.15, -0.1) is 0 Å². The Morgan fingerprint density at radius 2 is 1.60 bits per heavy atom. The number of nitrogens with zero attached hydrogens (tertiary/aromatic N) is 2. The highest BCUT2D eigenvalue weighted by molar-refractivity contribution is 5.98. The van der Waals surface area contributed by atoms with Crippen LogP contribution in [0.25, 0.3) is 27.2 Å². The number of para-hydroxylation sites is 1. The first-order valence-electron chi connectivity index (χ1n) is 16.5. The summed E-state index contributed by atoms with van der Waals surface area (Å²) in [4.78, 5) is 8.20. The number of nitriles is 1. The highest BCUT2D eigenvalue weighted by Gasteiger charge is 2.16. The van der Waals surface area contributed by atoms with E-state index in [9.17, 15) is 5.26 Å². The fourth-order valence-electron chi connectivity index (χ4n) is 6.16. The SMILES string of the molecule is CCCCCCCC/C=C\CCCC(CCCC/C=C(\C#N)c1c[nH]c2c(OC)cccc12)c1nccc2ccccc12. The molecule has 0 radical (unpaired) electrons. The quantitative estimate of drug-likeness (QED) is 0.0687. The van der Waals surface area contributed by atoms with Gasteiger partial charge < -0.3 is 9.72 Å². The molecule has 2 aromatic heterocycles. The molecule has 0 saturated heterocycles. The molecule has 4 aromatic rings. The van der Waals surface area contributed by atoms with Gasteiger partial charge in [0.25, 0.3) is 0 Å². The van der Waals surface area contributed by atoms with Crippen LogP contribution in [0.3, 0.4) is 0 Å². The van der Waals surface area contributed by atoms with Gasteiger partial charge in [0.2, 0.25) is 0 Å². The van der Waals surface area contributed by atoms with Crippen molar-refractivity contribution in [2.75, 3.05) is 7.11 Å². The Kier molecular flexibility index (Phi) is 13.4. The van der Waals surface area contributed by atoms with E-state index >= 15 is 0 Å². The van der Waals surface area contributed by atoms with Crippen LogP contribution in [-0.4, -0.2) is 17.1 Å². The van der Waals surface area contributed by atoms with E-state index in [4.69, 9.17) is 9.72 Å². The maximum Gasteiger partial charge on any atom is 0.142 e. The predicted molar refractivity (Wildman–Crippen MR) is 182 cm³/mol. The molecule has 4 nitrogen and oxygen atoms in total. The van der Waals surface area contributed by atoms with Crippen LogP contribution in [0.15, 0.2) is 79.2 Å². The zero-order valence-corrected chi connectivity index (χ0v) is 26.3. The van der Waals surface area contributed by atoms with E-state index in [0.29, 0.717) is 5.92 Å². The minimum atomic E-state index is 0.443. The Bertz CT molecular complexity index is 1500. The molecule has 0 amide bonds. The molecular formula is C39H49N3O. The van der Waals surface area contributed by atoms with Crippen molar-refractivity contribution in [2.24, 2.45) is 0 Å². The van der Waals surface area contributed by atoms with Crippen molar-refractivity contribution in [1.29, 1.82) is 5.26 Å². The van der Waals surface area contributed by atoms with Gasteiger partial charge in [0.05, 0.1) is 30.0 Å². The van der Waals surface area contributed by atoms with Crippen molar-refractivity contribution in [3.63, 3.8) is 0 Å². The Balaban J connectivity index is 1.32. The molecule has 0 bridgehead atoms. The van der Waals surface area contributed by atoms with Gasteiger partial charge in [-0.25, -0.2) is 0 Å². The summed E-state index contributed by atoms with van der Waals surface area (Å²) in [7, 11) is 1.67. The molecule has 4 rings (SSSR count). The van der Waals surface area contributed by atoms with Gasteiger partial charge in [0.15, 0.2) is 0 Å². The van der Waals surface area contributed by atoms with Gasteiger partial charge in [-0.05, 0) is 68.9 Å². The second kappa shape index (κ2) is 18.0. The third kappa shape index (κ3) is 9.32. The summed E-state index contributed by atoms with van der Waals surface area (Å²) in [6, 6.07) is 19.2. The number of fused-ring (bicyclic) bond motifs is 2. The van der Waals surface area contributed by atoms with E-state index in [-0.39, 0.29) is 0 Å². The summed E-state index contributed by atoms with van der Waals surface area (Å²) in [5.74, 6) is 1.24. The van der Waals surface area contributed by atoms with Crippen LogP contribution >= 0.6 is 0 Å². The van der Waals surface area contributed by atoms with Crippen molar-refractivity contribution < 1.29 is 4.74 Å². The molecule has 1 atom stereocenters. The summed E-state index contributed by atoms with van der Waals surface area (Å²) < 4.78 is 5.48. The molecular weight excluding hydrogens is 526 g/mol. The first-order chi connectivity index (χ1) is 21.3. The fourth-order valence-corrected chi connectivity index (χ4v) is 6.16. The van der Waals surface area contributed by atoms with Crippen LogP contribution in [0.1, 0.15) is 114 Å². The number of aromatic nitrogens is 2. The average molecular weight is 576 g/mol. The van der Waals surface area contributed by atoms with Crippen LogP contribution in [0, 0.1) is 11.3 Å². The normalized spacial score (nSPS) is 12.7. The molecule has 1 unspecified atom stereocenters. The number of ether oxygens (including phenoxy) is 1. The van der Waals surface area contributed by atoms with E-state index < -0.39 is 0 Å². The van der Waals surface area contributed by atoms with Gasteiger partial charge in [-0.3, -0.25) is 4.98 Å². The molecule has 2 aromatic carbocycles. The first kappa shape index (κ1) is 32.1. The fraction of sp³-hybridized carbons (Fsp3) is 0.436. The van der Waals surface area contributed by atoms with E-state index in [1.165, 1.54) is 67.8 Å². The van der Waals surface area contributed by atoms with Crippen molar-refractivity contribution in [1.82, 2.24) is 9.97 Å². The number of allylic oxidation sites excluding steroid dienone is 4. The van der Waals surface area contributed by atoms with Crippen LogP contribution in [0.5, 0.6) is 5.75 Å². The van der Waals surface area contributed by atoms with Gasteiger partial charge in [0.1, 0.15) is 5.75 Å². The molecule has 1 N–H and O–H groups in total. The van der Waals surface area contributed by atoms with Crippen molar-refractivity contribution in [3.05, 3.63) is 90.4 Å². The minimum absolute atomic E-state index is 0.443. The highest BCUT2D eigenvalue weighted by atomic mass is 16.5. The maximum absolute atomic E-state index is 9.93. The van der Waals surface area contributed by atoms with Crippen LogP contribution < -0.4 is 4.74 Å². The number of benzene rings is 2. The molecule has 2 heterocycles. The summed E-state index contributed by atoms with van der Waals surface area (Å²) in [6.45, 7) is 2.28. The van der Waals surface area contributed by atoms with Gasteiger partial charge >= 0.3 is 0 Å². The zero-order valence-electron chi connectivity index (χ0n) is 26.3. The molecule has 43 heavy (non-hydrogen) atoms. The van der Waals surface area contributed by atoms with E-state index in [1.807, 2.05) is 30.6 Å². The summed E-state index contributed by atoms with van der Waals surface area (Å²) >= 11 is 0. The molecule has 0 aliphatic carbocycles. The predicted octanol–water partition coefficient (Wildman–Crippen LogP) is 11.5. The number of aromatic amines is 1. The smallest absolute Gasteiger partial charge is 0.142 e. The lowest BCUT2D eigenvalue weighted by molar-refractivity contribution is 0.419. The molecule has 0 aliphatic rings. The molecule has 0 saturated carbocycles. The van der Waals surface area contributed by atoms with E-state index in [0.717, 1.165) is 66.3 Å². The lowest BCUT2D eigenvalue weighted by atomic mass is 9.89. The van der Waals surface area contributed by atoms with Crippen LogP contribution in [0.4, 0.5) is 0 Å². The number of hydrogen-bond donors (Lipinski definition) is 1. The van der Waals surface area contributed by atoms with Crippen LogP contribution in [-0.2, 0) is 0 Å². The number of nitrogens with one attached hydrogen (secondary N) is 1. The number of hydrogen-bond acceptors (Lipinski definition) is 3. The number of rotatable bonds is 19. The highest BCUT2D eigenvalue weighted by Crippen LogP contribution is 2.33. The topological polar surface area (TPSA) is 61.7 Å². The number of methoxy groups -OCH3 is 1. The Hall–Kier alpha value is -3.84. The Morgan fingerprint density at radius 1 is 0.860 bits per heavy atom. The maximum atomic E-state index is 9.93. The molecule has 4 heteroatoms. The minimum Gasteiger partial charge on any atom is -0.495 e. The number of unbranched alkanes of at least 4 members (excludes halogenated alkanes) is 9. The largest absolute Gasteiger partial charge is 0.495 e. The summed E-state index contributed by atoms with van der Waals surface area (Å²) in [5.41, 5.74) is 3.84. The van der Waals surface area contributed by atoms with Crippen molar-refractivity contribution in [2.45, 2.75) is 103 Å². The van der Waals surface area contributed by atoms with Gasteiger partial charge in [-0.2, -0.15) is 5.26 Å². The van der Waals surface area contributed by atoms with Crippen LogP contribution in [0.2, 0.25) is 0 Å². The second-order valence-corrected chi connectivity index (χ2v) is 11.7. The Labute approximate surface area is 258 Å². The van der Waals surface area contributed by atoms with E-state index in [2.05, 4.69) is 66.5 Å². The third-order valence-electron chi connectivity index (χ3n) is 8.57. The molecule has 0 fully saturated rings. The average Bonchev–Trinajstić information content (AvgIpc) is 3.48.